The van der Waals surface area contributed by atoms with E-state index >= 15 is 0 Å². The molecule has 5 nitrogen and oxygen atoms in total. The molecule has 6 heteroatoms. The lowest BCUT2D eigenvalue weighted by Crippen LogP contribution is -2.29. The van der Waals surface area contributed by atoms with E-state index in [1.54, 1.807) is 11.3 Å². The number of hydrogen-bond donors (Lipinski definition) is 2. The van der Waals surface area contributed by atoms with E-state index in [0.29, 0.717) is 23.7 Å². The maximum atomic E-state index is 12.6. The number of hydrogen-bond acceptors (Lipinski definition) is 5. The zero-order chi connectivity index (χ0) is 17.5. The molecule has 0 radical (unpaired) electrons. The van der Waals surface area contributed by atoms with Crippen molar-refractivity contribution in [2.45, 2.75) is 52.9 Å². The van der Waals surface area contributed by atoms with Gasteiger partial charge in [0.1, 0.15) is 11.3 Å². The van der Waals surface area contributed by atoms with Crippen LogP contribution in [0.5, 0.6) is 0 Å². The molecule has 0 fully saturated rings. The summed E-state index contributed by atoms with van der Waals surface area (Å²) >= 11 is 1.61. The number of carbonyl (C=O) groups excluding carboxylic acids is 1. The summed E-state index contributed by atoms with van der Waals surface area (Å²) in [6.07, 6.45) is 5.49. The van der Waals surface area contributed by atoms with Gasteiger partial charge in [-0.15, -0.1) is 11.3 Å². The van der Waals surface area contributed by atoms with E-state index < -0.39 is 0 Å². The molecule has 3 N–H and O–H groups in total. The summed E-state index contributed by atoms with van der Waals surface area (Å²) in [6.45, 7) is 7.09. The van der Waals surface area contributed by atoms with E-state index in [-0.39, 0.29) is 11.8 Å². The van der Waals surface area contributed by atoms with Gasteiger partial charge in [-0.05, 0) is 30.9 Å². The fraction of sp³-hybridized carbons (Fsp3) is 0.556. The molecule has 0 saturated carbocycles. The Morgan fingerprint density at radius 2 is 2.17 bits per heavy atom. The quantitative estimate of drug-likeness (QED) is 0.698. The molecular formula is C18H27N3O2S. The summed E-state index contributed by atoms with van der Waals surface area (Å²) in [4.78, 5) is 14.8. The Hall–Kier alpha value is -1.82. The van der Waals surface area contributed by atoms with Gasteiger partial charge in [0.25, 0.3) is 5.91 Å². The Morgan fingerprint density at radius 3 is 2.79 bits per heavy atom. The molecule has 0 aliphatic rings. The molecule has 0 aliphatic heterocycles. The van der Waals surface area contributed by atoms with Gasteiger partial charge in [-0.25, -0.2) is 0 Å². The average molecular weight is 350 g/mol. The first-order valence-corrected chi connectivity index (χ1v) is 9.54. The monoisotopic (exact) mass is 349 g/mol. The van der Waals surface area contributed by atoms with Crippen LogP contribution in [0.1, 0.15) is 61.7 Å². The molecule has 2 rings (SSSR count). The van der Waals surface area contributed by atoms with Crippen molar-refractivity contribution in [2.75, 3.05) is 12.3 Å². The smallest absolute Gasteiger partial charge is 0.259 e. The van der Waals surface area contributed by atoms with E-state index in [2.05, 4.69) is 31.2 Å². The molecule has 0 aromatic carbocycles. The highest BCUT2D eigenvalue weighted by Gasteiger charge is 2.23. The SMILES string of the molecule is CCCCC(CC)CNC(=O)c1c(-c2ccc(CC)s2)noc1N. The number of nitrogen functional groups attached to an aromatic ring is 1. The zero-order valence-corrected chi connectivity index (χ0v) is 15.5. The van der Waals surface area contributed by atoms with Crippen LogP contribution in [0.15, 0.2) is 16.7 Å². The molecule has 1 atom stereocenters. The summed E-state index contributed by atoms with van der Waals surface area (Å²) in [7, 11) is 0. The highest BCUT2D eigenvalue weighted by atomic mass is 32.1. The molecule has 132 valence electrons. The van der Waals surface area contributed by atoms with Crippen LogP contribution in [-0.2, 0) is 6.42 Å². The van der Waals surface area contributed by atoms with Gasteiger partial charge in [-0.1, -0.05) is 45.2 Å². The van der Waals surface area contributed by atoms with E-state index in [1.165, 1.54) is 17.7 Å². The van der Waals surface area contributed by atoms with E-state index in [0.717, 1.165) is 24.1 Å². The molecule has 0 bridgehead atoms. The molecule has 2 aromatic heterocycles. The van der Waals surface area contributed by atoms with Crippen molar-refractivity contribution in [2.24, 2.45) is 5.92 Å². The maximum Gasteiger partial charge on any atom is 0.259 e. The number of carbonyl (C=O) groups is 1. The number of nitrogens with zero attached hydrogens (tertiary/aromatic N) is 1. The number of anilines is 1. The lowest BCUT2D eigenvalue weighted by Gasteiger charge is -2.15. The minimum absolute atomic E-state index is 0.0792. The number of rotatable bonds is 9. The predicted octanol–water partition coefficient (Wildman–Crippen LogP) is 4.49. The lowest BCUT2D eigenvalue weighted by atomic mass is 9.99. The summed E-state index contributed by atoms with van der Waals surface area (Å²) in [5.74, 6) is 0.368. The van der Waals surface area contributed by atoms with E-state index in [4.69, 9.17) is 10.3 Å². The number of amides is 1. The maximum absolute atomic E-state index is 12.6. The minimum Gasteiger partial charge on any atom is -0.367 e. The normalized spacial score (nSPS) is 12.3. The van der Waals surface area contributed by atoms with Crippen LogP contribution < -0.4 is 11.1 Å². The van der Waals surface area contributed by atoms with Gasteiger partial charge in [0.05, 0.1) is 4.88 Å². The van der Waals surface area contributed by atoms with Crippen molar-refractivity contribution in [3.63, 3.8) is 0 Å². The molecule has 1 amide bonds. The number of unbranched alkanes of at least 4 members (excludes halogenated alkanes) is 1. The molecule has 0 saturated heterocycles. The van der Waals surface area contributed by atoms with Crippen molar-refractivity contribution in [3.05, 3.63) is 22.6 Å². The van der Waals surface area contributed by atoms with Gasteiger partial charge in [0, 0.05) is 11.4 Å². The van der Waals surface area contributed by atoms with Crippen LogP contribution >= 0.6 is 11.3 Å². The Labute approximate surface area is 147 Å². The third kappa shape index (κ3) is 4.38. The van der Waals surface area contributed by atoms with Crippen LogP contribution in [0.4, 0.5) is 5.88 Å². The number of thiophene rings is 1. The number of nitrogens with two attached hydrogens (primary N) is 1. The van der Waals surface area contributed by atoms with Gasteiger partial charge < -0.3 is 15.6 Å². The highest BCUT2D eigenvalue weighted by molar-refractivity contribution is 7.15. The van der Waals surface area contributed by atoms with Crippen molar-refractivity contribution < 1.29 is 9.32 Å². The van der Waals surface area contributed by atoms with Gasteiger partial charge in [0.15, 0.2) is 0 Å². The van der Waals surface area contributed by atoms with Crippen LogP contribution in [0, 0.1) is 5.92 Å². The second-order valence-corrected chi connectivity index (χ2v) is 7.18. The topological polar surface area (TPSA) is 81.2 Å². The van der Waals surface area contributed by atoms with Crippen molar-refractivity contribution in [3.8, 4) is 10.6 Å². The van der Waals surface area contributed by atoms with Crippen molar-refractivity contribution >= 4 is 23.1 Å². The standard InChI is InChI=1S/C18H27N3O2S/c1-4-7-8-12(5-2)11-20-18(22)15-16(21-23-17(15)19)14-10-9-13(6-3)24-14/h9-10,12H,4-8,11,19H2,1-3H3,(H,20,22). The minimum atomic E-state index is -0.204. The highest BCUT2D eigenvalue weighted by Crippen LogP contribution is 2.32. The predicted molar refractivity (Wildman–Crippen MR) is 99.2 cm³/mol. The number of aryl methyl sites for hydroxylation is 1. The third-order valence-electron chi connectivity index (χ3n) is 4.28. The average Bonchev–Trinajstić information content (AvgIpc) is 3.21. The Morgan fingerprint density at radius 1 is 1.38 bits per heavy atom. The summed E-state index contributed by atoms with van der Waals surface area (Å²) in [5, 5.41) is 7.00. The van der Waals surface area contributed by atoms with Crippen molar-refractivity contribution in [1.82, 2.24) is 10.5 Å². The zero-order valence-electron chi connectivity index (χ0n) is 14.7. The molecule has 1 unspecified atom stereocenters. The second-order valence-electron chi connectivity index (χ2n) is 6.02. The summed E-state index contributed by atoms with van der Waals surface area (Å²) < 4.78 is 5.09. The fourth-order valence-electron chi connectivity index (χ4n) is 2.65. The molecule has 0 aliphatic carbocycles. The van der Waals surface area contributed by atoms with Crippen LogP contribution in [-0.4, -0.2) is 17.6 Å². The van der Waals surface area contributed by atoms with E-state index in [1.807, 2.05) is 12.1 Å². The van der Waals surface area contributed by atoms with Gasteiger partial charge in [-0.3, -0.25) is 4.79 Å². The second kappa shape index (κ2) is 8.87. The van der Waals surface area contributed by atoms with Gasteiger partial charge in [-0.2, -0.15) is 0 Å². The molecule has 0 spiro atoms. The molecule has 24 heavy (non-hydrogen) atoms. The summed E-state index contributed by atoms with van der Waals surface area (Å²) in [6, 6.07) is 4.01. The van der Waals surface area contributed by atoms with E-state index in [9.17, 15) is 4.79 Å². The third-order valence-corrected chi connectivity index (χ3v) is 5.52. The van der Waals surface area contributed by atoms with Crippen LogP contribution in [0.3, 0.4) is 0 Å². The lowest BCUT2D eigenvalue weighted by molar-refractivity contribution is 0.0947. The first-order chi connectivity index (χ1) is 11.6. The van der Waals surface area contributed by atoms with Crippen molar-refractivity contribution in [1.29, 1.82) is 0 Å². The van der Waals surface area contributed by atoms with Crippen LogP contribution in [0.2, 0.25) is 0 Å². The number of aromatic nitrogens is 1. The summed E-state index contributed by atoms with van der Waals surface area (Å²) in [5.41, 5.74) is 6.74. The number of nitrogens with one attached hydrogen (secondary N) is 1. The Balaban J connectivity index is 2.10. The van der Waals surface area contributed by atoms with Gasteiger partial charge in [0.2, 0.25) is 5.88 Å². The largest absolute Gasteiger partial charge is 0.367 e. The molecular weight excluding hydrogens is 322 g/mol. The van der Waals surface area contributed by atoms with Crippen LogP contribution in [0.25, 0.3) is 10.6 Å². The molecule has 2 aromatic rings. The first kappa shape index (κ1) is 18.5. The Kier molecular flexibility index (Phi) is 6.85. The molecule has 2 heterocycles. The fourth-order valence-corrected chi connectivity index (χ4v) is 3.59. The Bertz CT molecular complexity index is 663. The first-order valence-electron chi connectivity index (χ1n) is 8.73. The van der Waals surface area contributed by atoms with Gasteiger partial charge >= 0.3 is 0 Å².